The van der Waals surface area contributed by atoms with E-state index in [4.69, 9.17) is 0 Å². The zero-order chi connectivity index (χ0) is 15.6. The number of benzene rings is 1. The van der Waals surface area contributed by atoms with Crippen LogP contribution in [0.25, 0.3) is 0 Å². The number of piperidine rings is 1. The number of aliphatic carboxylic acids is 1. The highest BCUT2D eigenvalue weighted by Gasteiger charge is 2.39. The lowest BCUT2D eigenvalue weighted by atomic mass is 9.76. The molecule has 1 aromatic rings. The van der Waals surface area contributed by atoms with E-state index in [0.29, 0.717) is 0 Å². The zero-order valence-corrected chi connectivity index (χ0v) is 13.7. The maximum Gasteiger partial charge on any atom is 0.309 e. The zero-order valence-electron chi connectivity index (χ0n) is 13.7. The summed E-state index contributed by atoms with van der Waals surface area (Å²) in [5.74, 6) is -0.618. The first-order valence-electron chi connectivity index (χ1n) is 7.90. The Morgan fingerprint density at radius 1 is 1.19 bits per heavy atom. The molecule has 0 amide bonds. The van der Waals surface area contributed by atoms with Gasteiger partial charge < -0.3 is 5.11 Å². The molecule has 0 unspecified atom stereocenters. The summed E-state index contributed by atoms with van der Waals surface area (Å²) in [5, 5.41) is 9.46. The third-order valence-corrected chi connectivity index (χ3v) is 5.17. The molecule has 0 spiro atoms. The molecule has 0 saturated carbocycles. The summed E-state index contributed by atoms with van der Waals surface area (Å²) in [6.07, 6.45) is 2.27. The average Bonchev–Trinajstić information content (AvgIpc) is 2.43. The van der Waals surface area contributed by atoms with Gasteiger partial charge in [0.25, 0.3) is 0 Å². The van der Waals surface area contributed by atoms with Gasteiger partial charge in [0.2, 0.25) is 0 Å². The summed E-state index contributed by atoms with van der Waals surface area (Å²) in [6, 6.07) is 4.47. The molecule has 1 saturated heterocycles. The van der Waals surface area contributed by atoms with Gasteiger partial charge in [-0.3, -0.25) is 9.69 Å². The van der Waals surface area contributed by atoms with Crippen LogP contribution < -0.4 is 0 Å². The molecule has 0 atom stereocenters. The van der Waals surface area contributed by atoms with E-state index in [2.05, 4.69) is 37.8 Å². The quantitative estimate of drug-likeness (QED) is 0.919. The second-order valence-electron chi connectivity index (χ2n) is 6.59. The number of hydrogen-bond donors (Lipinski definition) is 1. The molecule has 0 aromatic heterocycles. The van der Waals surface area contributed by atoms with Gasteiger partial charge in [0.1, 0.15) is 0 Å². The fourth-order valence-electron chi connectivity index (χ4n) is 3.54. The maximum absolute atomic E-state index is 11.5. The van der Waals surface area contributed by atoms with Crippen LogP contribution in [-0.2, 0) is 11.3 Å². The Bertz CT molecular complexity index is 505. The fraction of sp³-hybridized carbons (Fsp3) is 0.611. The number of nitrogens with zero attached hydrogens (tertiary/aromatic N) is 1. The minimum absolute atomic E-state index is 0.492. The standard InChI is InChI=1S/C18H27NO2/c1-5-18(17(20)21)6-8-19(9-7-18)12-16-14(3)10-13(2)11-15(16)4/h10-11H,5-9,12H2,1-4H3,(H,20,21). The molecule has 2 rings (SSSR count). The molecule has 3 nitrogen and oxygen atoms in total. The number of carbonyl (C=O) groups is 1. The summed E-state index contributed by atoms with van der Waals surface area (Å²) in [5.41, 5.74) is 4.91. The van der Waals surface area contributed by atoms with Crippen LogP contribution in [-0.4, -0.2) is 29.1 Å². The molecule has 1 aliphatic rings. The average molecular weight is 289 g/mol. The molecule has 1 heterocycles. The Hall–Kier alpha value is -1.35. The molecule has 0 aliphatic carbocycles. The highest BCUT2D eigenvalue weighted by atomic mass is 16.4. The fourth-order valence-corrected chi connectivity index (χ4v) is 3.54. The van der Waals surface area contributed by atoms with E-state index in [9.17, 15) is 9.90 Å². The molecule has 1 aromatic carbocycles. The van der Waals surface area contributed by atoms with Crippen molar-refractivity contribution in [1.82, 2.24) is 4.90 Å². The lowest BCUT2D eigenvalue weighted by Gasteiger charge is -2.38. The first-order chi connectivity index (χ1) is 9.88. The number of likely N-dealkylation sites (tertiary alicyclic amines) is 1. The van der Waals surface area contributed by atoms with E-state index in [1.807, 2.05) is 6.92 Å². The predicted octanol–water partition coefficient (Wildman–Crippen LogP) is 3.69. The Kier molecular flexibility index (Phi) is 4.72. The molecule has 1 N–H and O–H groups in total. The molecule has 0 bridgehead atoms. The van der Waals surface area contributed by atoms with E-state index >= 15 is 0 Å². The maximum atomic E-state index is 11.5. The van der Waals surface area contributed by atoms with Gasteiger partial charge in [0.15, 0.2) is 0 Å². The summed E-state index contributed by atoms with van der Waals surface area (Å²) in [6.45, 7) is 11.2. The van der Waals surface area contributed by atoms with Gasteiger partial charge in [-0.25, -0.2) is 0 Å². The number of carboxylic acid groups (broad SMARTS) is 1. The van der Waals surface area contributed by atoms with Gasteiger partial charge in [-0.1, -0.05) is 24.6 Å². The van der Waals surface area contributed by atoms with Crippen molar-refractivity contribution in [3.63, 3.8) is 0 Å². The Morgan fingerprint density at radius 3 is 2.14 bits per heavy atom. The third-order valence-electron chi connectivity index (χ3n) is 5.17. The van der Waals surface area contributed by atoms with Gasteiger partial charge in [-0.15, -0.1) is 0 Å². The van der Waals surface area contributed by atoms with Gasteiger partial charge >= 0.3 is 5.97 Å². The molecule has 3 heteroatoms. The van der Waals surface area contributed by atoms with Crippen LogP contribution in [0.15, 0.2) is 12.1 Å². The van der Waals surface area contributed by atoms with Gasteiger partial charge in [-0.2, -0.15) is 0 Å². The Labute approximate surface area is 128 Å². The minimum Gasteiger partial charge on any atom is -0.481 e. The molecule has 116 valence electrons. The van der Waals surface area contributed by atoms with Crippen molar-refractivity contribution >= 4 is 5.97 Å². The largest absolute Gasteiger partial charge is 0.481 e. The van der Waals surface area contributed by atoms with Crippen molar-refractivity contribution in [2.24, 2.45) is 5.41 Å². The first-order valence-corrected chi connectivity index (χ1v) is 7.90. The Morgan fingerprint density at radius 2 is 1.71 bits per heavy atom. The highest BCUT2D eigenvalue weighted by molar-refractivity contribution is 5.74. The van der Waals surface area contributed by atoms with E-state index < -0.39 is 11.4 Å². The molecule has 1 fully saturated rings. The van der Waals surface area contributed by atoms with Gasteiger partial charge in [-0.05, 0) is 69.8 Å². The van der Waals surface area contributed by atoms with Crippen molar-refractivity contribution in [1.29, 1.82) is 0 Å². The number of aryl methyl sites for hydroxylation is 3. The van der Waals surface area contributed by atoms with Gasteiger partial charge in [0, 0.05) is 6.54 Å². The van der Waals surface area contributed by atoms with E-state index in [1.165, 1.54) is 22.3 Å². The van der Waals surface area contributed by atoms with E-state index in [0.717, 1.165) is 38.9 Å². The smallest absolute Gasteiger partial charge is 0.309 e. The van der Waals surface area contributed by atoms with Crippen LogP contribution in [0.5, 0.6) is 0 Å². The molecular formula is C18H27NO2. The lowest BCUT2D eigenvalue weighted by molar-refractivity contribution is -0.152. The van der Waals surface area contributed by atoms with Crippen molar-refractivity contribution in [2.45, 2.75) is 53.5 Å². The molecular weight excluding hydrogens is 262 g/mol. The topological polar surface area (TPSA) is 40.5 Å². The number of rotatable bonds is 4. The molecule has 0 radical (unpaired) electrons. The first kappa shape index (κ1) is 16.0. The van der Waals surface area contributed by atoms with Crippen LogP contribution in [0.3, 0.4) is 0 Å². The van der Waals surface area contributed by atoms with Crippen LogP contribution in [0, 0.1) is 26.2 Å². The molecule has 21 heavy (non-hydrogen) atoms. The third kappa shape index (κ3) is 3.29. The van der Waals surface area contributed by atoms with Gasteiger partial charge in [0.05, 0.1) is 5.41 Å². The summed E-state index contributed by atoms with van der Waals surface area (Å²) in [4.78, 5) is 13.9. The SMILES string of the molecule is CCC1(C(=O)O)CCN(Cc2c(C)cc(C)cc2C)CC1. The van der Waals surface area contributed by atoms with Crippen molar-refractivity contribution in [3.05, 3.63) is 34.4 Å². The number of carboxylic acids is 1. The van der Waals surface area contributed by atoms with E-state index in [1.54, 1.807) is 0 Å². The molecule has 1 aliphatic heterocycles. The predicted molar refractivity (Wildman–Crippen MR) is 85.5 cm³/mol. The van der Waals surface area contributed by atoms with Crippen molar-refractivity contribution in [3.8, 4) is 0 Å². The van der Waals surface area contributed by atoms with Crippen LogP contribution in [0.4, 0.5) is 0 Å². The number of hydrogen-bond acceptors (Lipinski definition) is 2. The highest BCUT2D eigenvalue weighted by Crippen LogP contribution is 2.35. The van der Waals surface area contributed by atoms with Crippen LogP contribution in [0.1, 0.15) is 48.4 Å². The van der Waals surface area contributed by atoms with Crippen molar-refractivity contribution in [2.75, 3.05) is 13.1 Å². The van der Waals surface area contributed by atoms with Crippen LogP contribution >= 0.6 is 0 Å². The van der Waals surface area contributed by atoms with Crippen molar-refractivity contribution < 1.29 is 9.90 Å². The summed E-state index contributed by atoms with van der Waals surface area (Å²) in [7, 11) is 0. The van der Waals surface area contributed by atoms with Crippen LogP contribution in [0.2, 0.25) is 0 Å². The second kappa shape index (κ2) is 6.18. The lowest BCUT2D eigenvalue weighted by Crippen LogP contribution is -2.43. The normalized spacial score (nSPS) is 18.7. The van der Waals surface area contributed by atoms with E-state index in [-0.39, 0.29) is 0 Å². The second-order valence-corrected chi connectivity index (χ2v) is 6.59. The summed E-state index contributed by atoms with van der Waals surface area (Å²) < 4.78 is 0. The Balaban J connectivity index is 2.06. The summed E-state index contributed by atoms with van der Waals surface area (Å²) >= 11 is 0. The minimum atomic E-state index is -0.618. The monoisotopic (exact) mass is 289 g/mol.